The molecule has 0 saturated heterocycles. The molecule has 36 heavy (non-hydrogen) atoms. The van der Waals surface area contributed by atoms with E-state index in [-0.39, 0.29) is 39.9 Å². The molecule has 4 rings (SSSR count). The van der Waals surface area contributed by atoms with Gasteiger partial charge in [-0.05, 0) is 57.4 Å². The predicted molar refractivity (Wildman–Crippen MR) is 141 cm³/mol. The number of rotatable bonds is 6. The zero-order valence-electron chi connectivity index (χ0n) is 20.2. The Hall–Kier alpha value is -2.90. The topological polar surface area (TPSA) is 169 Å². The number of nitrogens with zero attached hydrogens (tertiary/aromatic N) is 1. The minimum absolute atomic E-state index is 0.0616. The van der Waals surface area contributed by atoms with Gasteiger partial charge in [0.05, 0.1) is 28.6 Å². The molecular formula is C24H29N3O7S2. The second kappa shape index (κ2) is 8.60. The summed E-state index contributed by atoms with van der Waals surface area (Å²) in [6.45, 7) is 5.02. The first-order valence-corrected chi connectivity index (χ1v) is 14.5. The van der Waals surface area contributed by atoms with Crippen LogP contribution in [-0.2, 0) is 20.2 Å². The van der Waals surface area contributed by atoms with Gasteiger partial charge in [0.15, 0.2) is 11.6 Å². The van der Waals surface area contributed by atoms with Gasteiger partial charge in [-0.25, -0.2) is 8.42 Å². The standard InChI is InChI=1S/C24H29N3O7S2/c1-23(2,30)11-12-24(3)16-8-6-5-7-15(16)20(28)19(21(24)29)22-25-17-10-9-14(26-35(4,31)32)13-18(17)36(33,34)27-22/h5-10,13,26,28,30,33-34H,11-12H2,1-4H3,(H,25,27). The fourth-order valence-corrected chi connectivity index (χ4v) is 6.14. The Morgan fingerprint density at radius 3 is 2.47 bits per heavy atom. The number of carbonyl (C=O) groups is 1. The maximum Gasteiger partial charge on any atom is 0.229 e. The van der Waals surface area contributed by atoms with E-state index < -0.39 is 37.6 Å². The van der Waals surface area contributed by atoms with Crippen molar-refractivity contribution >= 4 is 49.6 Å². The zero-order valence-corrected chi connectivity index (χ0v) is 21.9. The monoisotopic (exact) mass is 535 g/mol. The highest BCUT2D eigenvalue weighted by Gasteiger charge is 2.47. The highest BCUT2D eigenvalue weighted by atomic mass is 32.3. The number of aliphatic hydroxyl groups is 2. The molecule has 12 heteroatoms. The van der Waals surface area contributed by atoms with Gasteiger partial charge in [-0.1, -0.05) is 35.0 Å². The molecule has 1 unspecified atom stereocenters. The molecule has 10 nitrogen and oxygen atoms in total. The Bertz CT molecular complexity index is 1430. The van der Waals surface area contributed by atoms with Crippen LogP contribution in [0.3, 0.4) is 0 Å². The fourth-order valence-electron chi connectivity index (χ4n) is 4.40. The van der Waals surface area contributed by atoms with E-state index in [0.717, 1.165) is 6.26 Å². The second-order valence-electron chi connectivity index (χ2n) is 9.91. The molecule has 1 atom stereocenters. The number of aliphatic hydroxyl groups excluding tert-OH is 1. The fraction of sp³-hybridized carbons (Fsp3) is 0.333. The quantitative estimate of drug-likeness (QED) is 0.319. The smallest absolute Gasteiger partial charge is 0.229 e. The van der Waals surface area contributed by atoms with E-state index in [2.05, 4.69) is 14.4 Å². The number of nitrogens with one attached hydrogen (secondary N) is 2. The molecule has 0 fully saturated rings. The molecule has 1 aliphatic heterocycles. The molecule has 1 heterocycles. The molecule has 194 valence electrons. The lowest BCUT2D eigenvalue weighted by Crippen LogP contribution is -2.43. The van der Waals surface area contributed by atoms with Crippen LogP contribution < -0.4 is 10.0 Å². The van der Waals surface area contributed by atoms with Gasteiger partial charge in [0.1, 0.15) is 16.2 Å². The molecule has 0 aromatic heterocycles. The molecule has 2 aromatic carbocycles. The maximum atomic E-state index is 13.9. The average Bonchev–Trinajstić information content (AvgIpc) is 2.75. The highest BCUT2D eigenvalue weighted by Crippen LogP contribution is 2.57. The number of ketones is 1. The Morgan fingerprint density at radius 2 is 1.83 bits per heavy atom. The maximum absolute atomic E-state index is 13.9. The van der Waals surface area contributed by atoms with Crippen molar-refractivity contribution in [1.29, 1.82) is 0 Å². The summed E-state index contributed by atoms with van der Waals surface area (Å²) >= 11 is 0. The summed E-state index contributed by atoms with van der Waals surface area (Å²) in [5.74, 6) is -1.04. The van der Waals surface area contributed by atoms with Crippen LogP contribution in [0.25, 0.3) is 5.76 Å². The van der Waals surface area contributed by atoms with Crippen molar-refractivity contribution in [3.05, 3.63) is 59.2 Å². The number of sulfonamides is 1. The van der Waals surface area contributed by atoms with Crippen molar-refractivity contribution in [3.8, 4) is 0 Å². The molecule has 0 saturated carbocycles. The van der Waals surface area contributed by atoms with E-state index in [1.807, 2.05) is 0 Å². The Morgan fingerprint density at radius 1 is 1.17 bits per heavy atom. The van der Waals surface area contributed by atoms with Gasteiger partial charge in [0.25, 0.3) is 0 Å². The van der Waals surface area contributed by atoms with Crippen LogP contribution in [0.1, 0.15) is 44.7 Å². The summed E-state index contributed by atoms with van der Waals surface area (Å²) in [5.41, 5.74) is -1.05. The van der Waals surface area contributed by atoms with E-state index in [9.17, 15) is 32.5 Å². The molecule has 0 bridgehead atoms. The molecule has 0 amide bonds. The lowest BCUT2D eigenvalue weighted by molar-refractivity contribution is -0.120. The van der Waals surface area contributed by atoms with Gasteiger partial charge in [-0.3, -0.25) is 18.6 Å². The van der Waals surface area contributed by atoms with Crippen molar-refractivity contribution in [3.63, 3.8) is 0 Å². The summed E-state index contributed by atoms with van der Waals surface area (Å²) in [5, 5.41) is 24.4. The highest BCUT2D eigenvalue weighted by molar-refractivity contribution is 8.23. The van der Waals surface area contributed by atoms with Gasteiger partial charge >= 0.3 is 0 Å². The van der Waals surface area contributed by atoms with Gasteiger partial charge in [-0.2, -0.15) is 0 Å². The van der Waals surface area contributed by atoms with Crippen molar-refractivity contribution < 1.29 is 32.5 Å². The van der Waals surface area contributed by atoms with Gasteiger partial charge < -0.3 is 15.5 Å². The van der Waals surface area contributed by atoms with E-state index in [1.165, 1.54) is 18.2 Å². The molecule has 0 spiro atoms. The number of fused-ring (bicyclic) bond motifs is 2. The van der Waals surface area contributed by atoms with Crippen LogP contribution in [-0.4, -0.2) is 51.2 Å². The summed E-state index contributed by atoms with van der Waals surface area (Å²) < 4.78 is 51.1. The number of amidine groups is 1. The van der Waals surface area contributed by atoms with E-state index >= 15 is 0 Å². The predicted octanol–water partition coefficient (Wildman–Crippen LogP) is 4.27. The number of benzene rings is 2. The van der Waals surface area contributed by atoms with Crippen molar-refractivity contribution in [1.82, 2.24) is 0 Å². The minimum Gasteiger partial charge on any atom is -0.506 e. The van der Waals surface area contributed by atoms with Crippen LogP contribution in [0, 0.1) is 0 Å². The largest absolute Gasteiger partial charge is 0.506 e. The molecule has 0 radical (unpaired) electrons. The number of hydrogen-bond acceptors (Lipinski definition) is 9. The summed E-state index contributed by atoms with van der Waals surface area (Å²) in [4.78, 5) is 13.9. The number of hydrogen-bond donors (Lipinski definition) is 6. The third-order valence-electron chi connectivity index (χ3n) is 6.27. The third-order valence-corrected chi connectivity index (χ3v) is 8.24. The zero-order chi connectivity index (χ0) is 26.7. The minimum atomic E-state index is -3.86. The van der Waals surface area contributed by atoms with Crippen LogP contribution in [0.4, 0.5) is 11.4 Å². The normalized spacial score (nSPS) is 22.2. The first-order chi connectivity index (χ1) is 16.5. The molecular weight excluding hydrogens is 506 g/mol. The lowest BCUT2D eigenvalue weighted by atomic mass is 9.66. The SMILES string of the molecule is CC(C)(O)CCC1(C)C(=O)C(C2=NS(O)(O)c3cc(NS(C)(=O)=O)ccc3N2)=C(O)c2ccccc21. The average molecular weight is 536 g/mol. The van der Waals surface area contributed by atoms with Crippen molar-refractivity contribution in [2.24, 2.45) is 4.40 Å². The van der Waals surface area contributed by atoms with Crippen LogP contribution in [0.2, 0.25) is 0 Å². The summed E-state index contributed by atoms with van der Waals surface area (Å²) in [6, 6.07) is 11.0. The first-order valence-electron chi connectivity index (χ1n) is 11.1. The van der Waals surface area contributed by atoms with E-state index in [4.69, 9.17) is 0 Å². The molecule has 6 N–H and O–H groups in total. The van der Waals surface area contributed by atoms with E-state index in [0.29, 0.717) is 17.5 Å². The number of carbonyl (C=O) groups excluding carboxylic acids is 1. The van der Waals surface area contributed by atoms with Crippen LogP contribution >= 0.6 is 10.8 Å². The molecule has 2 aromatic rings. The summed E-state index contributed by atoms with van der Waals surface area (Å²) in [6.07, 6.45) is 1.53. The summed E-state index contributed by atoms with van der Waals surface area (Å²) in [7, 11) is -7.47. The third kappa shape index (κ3) is 4.87. The number of anilines is 2. The van der Waals surface area contributed by atoms with Gasteiger partial charge in [-0.15, -0.1) is 4.40 Å². The van der Waals surface area contributed by atoms with Gasteiger partial charge in [0, 0.05) is 5.56 Å². The molecule has 2 aliphatic rings. The second-order valence-corrected chi connectivity index (χ2v) is 13.3. The Kier molecular flexibility index (Phi) is 6.25. The Balaban J connectivity index is 1.82. The molecule has 1 aliphatic carbocycles. The van der Waals surface area contributed by atoms with Crippen LogP contribution in [0.5, 0.6) is 0 Å². The van der Waals surface area contributed by atoms with Gasteiger partial charge in [0.2, 0.25) is 10.0 Å². The van der Waals surface area contributed by atoms with Crippen LogP contribution in [0.15, 0.2) is 57.3 Å². The Labute approximate surface area is 211 Å². The van der Waals surface area contributed by atoms with Crippen molar-refractivity contribution in [2.75, 3.05) is 16.3 Å². The number of Topliss-reactive ketones (excluding diaryl/α,β-unsaturated/α-hetero) is 1. The lowest BCUT2D eigenvalue weighted by Gasteiger charge is -2.39. The van der Waals surface area contributed by atoms with E-state index in [1.54, 1.807) is 45.0 Å². The van der Waals surface area contributed by atoms with Crippen molar-refractivity contribution in [2.45, 2.75) is 49.5 Å². The first kappa shape index (κ1) is 26.2.